The molecule has 52 heavy (non-hydrogen) atoms. The number of aromatic nitrogens is 2. The monoisotopic (exact) mass is 686 g/mol. The molecule has 0 spiro atoms. The van der Waals surface area contributed by atoms with Crippen LogP contribution in [0.2, 0.25) is 0 Å². The van der Waals surface area contributed by atoms with E-state index in [0.717, 1.165) is 24.5 Å². The van der Waals surface area contributed by atoms with Crippen LogP contribution >= 0.6 is 0 Å². The minimum absolute atomic E-state index is 0.0108. The van der Waals surface area contributed by atoms with Crippen molar-refractivity contribution in [1.29, 1.82) is 0 Å². The number of aryl methyl sites for hydroxylation is 1. The Labute approximate surface area is 291 Å². The van der Waals surface area contributed by atoms with Crippen molar-refractivity contribution < 1.29 is 19.2 Å². The lowest BCUT2D eigenvalue weighted by atomic mass is 9.97. The fourth-order valence-electron chi connectivity index (χ4n) is 7.08. The molecular weight excluding hydrogens is 664 g/mol. The number of imide groups is 2. The van der Waals surface area contributed by atoms with Gasteiger partial charge in [-0.1, -0.05) is 29.8 Å². The Morgan fingerprint density at radius 2 is 0.750 bits per heavy atom. The van der Waals surface area contributed by atoms with Gasteiger partial charge in [0.15, 0.2) is 0 Å². The van der Waals surface area contributed by atoms with Crippen LogP contribution in [-0.4, -0.2) is 32.8 Å². The van der Waals surface area contributed by atoms with E-state index in [1.54, 1.807) is 42.5 Å². The maximum Gasteiger partial charge on any atom is 0.266 e. The fourth-order valence-corrected chi connectivity index (χ4v) is 7.08. The molecule has 5 aromatic carbocycles. The number of carbonyl (C=O) groups excluding carboxylic acids is 4. The molecule has 0 atom stereocenters. The van der Waals surface area contributed by atoms with Gasteiger partial charge < -0.3 is 0 Å². The van der Waals surface area contributed by atoms with Crippen molar-refractivity contribution in [2.45, 2.75) is 6.92 Å². The van der Waals surface area contributed by atoms with E-state index >= 15 is 0 Å². The van der Waals surface area contributed by atoms with Crippen LogP contribution in [0.25, 0.3) is 38.4 Å². The van der Waals surface area contributed by atoms with Crippen LogP contribution in [-0.2, 0) is 7.05 Å². The Morgan fingerprint density at radius 1 is 0.385 bits per heavy atom. The van der Waals surface area contributed by atoms with Gasteiger partial charge in [-0.3, -0.25) is 42.9 Å². The maximum atomic E-state index is 13.7. The van der Waals surface area contributed by atoms with Crippen LogP contribution < -0.4 is 32.0 Å². The fraction of sp³-hybridized carbons (Fsp3) is 0.0500. The van der Waals surface area contributed by atoms with E-state index in [-0.39, 0.29) is 55.2 Å². The zero-order valence-corrected chi connectivity index (χ0v) is 27.3. The highest BCUT2D eigenvalue weighted by molar-refractivity contribution is 6.35. The van der Waals surface area contributed by atoms with Crippen molar-refractivity contribution in [2.75, 3.05) is 9.80 Å². The van der Waals surface area contributed by atoms with Gasteiger partial charge in [-0.15, -0.1) is 0 Å². The molecule has 7 aromatic rings. The van der Waals surface area contributed by atoms with Crippen LogP contribution in [0.5, 0.6) is 0 Å². The molecule has 0 aliphatic carbocycles. The number of hydrogen-bond acceptors (Lipinski definition) is 8. The van der Waals surface area contributed by atoms with Crippen molar-refractivity contribution in [2.24, 2.45) is 7.05 Å². The van der Waals surface area contributed by atoms with Gasteiger partial charge >= 0.3 is 0 Å². The smallest absolute Gasteiger partial charge is 0.266 e. The number of fused-ring (bicyclic) bond motifs is 4. The highest BCUT2D eigenvalue weighted by Gasteiger charge is 2.39. The second kappa shape index (κ2) is 10.6. The maximum absolute atomic E-state index is 13.7. The molecule has 0 saturated carbocycles. The number of carbonyl (C=O) groups is 4. The van der Waals surface area contributed by atoms with Gasteiger partial charge in [0.2, 0.25) is 0 Å². The molecule has 12 heteroatoms. The van der Waals surface area contributed by atoms with Crippen LogP contribution in [0.1, 0.15) is 47.0 Å². The zero-order valence-electron chi connectivity index (χ0n) is 27.3. The van der Waals surface area contributed by atoms with Gasteiger partial charge in [0.05, 0.1) is 60.9 Å². The second-order valence-corrected chi connectivity index (χ2v) is 12.8. The molecular formula is C40H22N4O8. The first kappa shape index (κ1) is 30.7. The van der Waals surface area contributed by atoms with Crippen LogP contribution in [0.4, 0.5) is 11.4 Å². The molecule has 12 nitrogen and oxygen atoms in total. The lowest BCUT2D eigenvalue weighted by molar-refractivity contribution is 0.0910. The summed E-state index contributed by atoms with van der Waals surface area (Å²) in [5.74, 6) is -2.06. The Balaban J connectivity index is 1.02. The summed E-state index contributed by atoms with van der Waals surface area (Å²) in [6, 6.07) is 24.9. The van der Waals surface area contributed by atoms with Crippen molar-refractivity contribution in [3.8, 4) is 16.8 Å². The number of amides is 4. The third-order valence-electron chi connectivity index (χ3n) is 9.86. The Hall–Kier alpha value is -7.34. The number of rotatable bonds is 4. The Morgan fingerprint density at radius 3 is 1.19 bits per heavy atom. The van der Waals surface area contributed by atoms with Gasteiger partial charge in [-0.05, 0) is 90.8 Å². The highest BCUT2D eigenvalue weighted by atomic mass is 16.2. The predicted octanol–water partition coefficient (Wildman–Crippen LogP) is 4.02. The third-order valence-corrected chi connectivity index (χ3v) is 9.86. The van der Waals surface area contributed by atoms with E-state index in [1.807, 2.05) is 19.1 Å². The molecule has 250 valence electrons. The molecule has 0 radical (unpaired) electrons. The van der Waals surface area contributed by atoms with Gasteiger partial charge in [0, 0.05) is 7.05 Å². The molecule has 4 heterocycles. The summed E-state index contributed by atoms with van der Waals surface area (Å²) in [5, 5.41) is 0.0672. The van der Waals surface area contributed by atoms with Gasteiger partial charge in [0.25, 0.3) is 45.9 Å². The minimum Gasteiger partial charge on any atom is -0.277 e. The van der Waals surface area contributed by atoms with Gasteiger partial charge in [-0.25, -0.2) is 14.4 Å². The molecule has 0 fully saturated rings. The van der Waals surface area contributed by atoms with Crippen molar-refractivity contribution >= 4 is 56.5 Å². The van der Waals surface area contributed by atoms with E-state index in [2.05, 4.69) is 0 Å². The summed E-state index contributed by atoms with van der Waals surface area (Å²) in [4.78, 5) is 107. The molecule has 2 aliphatic rings. The minimum atomic E-state index is -0.681. The lowest BCUT2D eigenvalue weighted by Crippen LogP contribution is -2.29. The number of hydrogen-bond donors (Lipinski definition) is 0. The van der Waals surface area contributed by atoms with Crippen molar-refractivity contribution in [1.82, 2.24) is 9.13 Å². The average molecular weight is 687 g/mol. The van der Waals surface area contributed by atoms with E-state index in [0.29, 0.717) is 16.8 Å². The molecule has 0 bridgehead atoms. The van der Waals surface area contributed by atoms with E-state index < -0.39 is 45.9 Å². The summed E-state index contributed by atoms with van der Waals surface area (Å²) in [6.07, 6.45) is 0. The SMILES string of the molecule is Cc1ccc(N2C(=O)c3ccc(-c4ccc5c(c4)C(=O)N(c4ccc(-n6c(=O)c7cc8c(=O)n(C)c(=O)c8cc7c6=O)cc4)C5=O)cc3C2=O)cc1. The molecule has 0 unspecified atom stereocenters. The summed E-state index contributed by atoms with van der Waals surface area (Å²) in [7, 11) is 1.32. The van der Waals surface area contributed by atoms with E-state index in [1.165, 1.54) is 49.5 Å². The predicted molar refractivity (Wildman–Crippen MR) is 193 cm³/mol. The van der Waals surface area contributed by atoms with Crippen molar-refractivity contribution in [3.63, 3.8) is 0 Å². The van der Waals surface area contributed by atoms with Crippen LogP contribution in [0, 0.1) is 6.92 Å². The summed E-state index contributed by atoms with van der Waals surface area (Å²) < 4.78 is 1.83. The van der Waals surface area contributed by atoms with Crippen LogP contribution in [0.15, 0.2) is 116 Å². The van der Waals surface area contributed by atoms with Crippen molar-refractivity contribution in [3.05, 3.63) is 166 Å². The van der Waals surface area contributed by atoms with E-state index in [9.17, 15) is 38.4 Å². The number of nitrogens with zero attached hydrogens (tertiary/aromatic N) is 4. The molecule has 0 N–H and O–H groups in total. The molecule has 0 saturated heterocycles. The average Bonchev–Trinajstić information content (AvgIpc) is 3.74. The molecule has 4 amide bonds. The Bertz CT molecular complexity index is 2960. The number of anilines is 2. The molecule has 9 rings (SSSR count). The third kappa shape index (κ3) is 4.08. The summed E-state index contributed by atoms with van der Waals surface area (Å²) in [6.45, 7) is 1.91. The lowest BCUT2D eigenvalue weighted by Gasteiger charge is -2.14. The summed E-state index contributed by atoms with van der Waals surface area (Å²) >= 11 is 0. The standard InChI is InChI=1S/C40H22N4O8/c1-19-3-7-22(8-4-19)42-35(47)25-13-5-20(15-27(25)37(42)49)21-6-14-26-28(16-21)38(50)43(36(26)48)23-9-11-24(12-10-23)44-39(51)31-17-29-30(18-32(31)40(44)52)34(46)41(2)33(29)45/h3-18H,1-2H3. The Kier molecular flexibility index (Phi) is 6.25. The molecule has 2 aliphatic heterocycles. The highest BCUT2D eigenvalue weighted by Crippen LogP contribution is 2.35. The first-order valence-electron chi connectivity index (χ1n) is 16.1. The first-order valence-corrected chi connectivity index (χ1v) is 16.1. The zero-order chi connectivity index (χ0) is 36.3. The second-order valence-electron chi connectivity index (χ2n) is 12.8. The normalized spacial score (nSPS) is 14.0. The summed E-state index contributed by atoms with van der Waals surface area (Å²) in [5.41, 5.74) is 1.23. The van der Waals surface area contributed by atoms with Gasteiger partial charge in [-0.2, -0.15) is 0 Å². The van der Waals surface area contributed by atoms with E-state index in [4.69, 9.17) is 0 Å². The van der Waals surface area contributed by atoms with Gasteiger partial charge in [0.1, 0.15) is 0 Å². The largest absolute Gasteiger partial charge is 0.277 e. The quantitative estimate of drug-likeness (QED) is 0.252. The topological polar surface area (TPSA) is 153 Å². The van der Waals surface area contributed by atoms with Crippen LogP contribution in [0.3, 0.4) is 0 Å². The number of benzene rings is 5. The first-order chi connectivity index (χ1) is 24.9. The molecule has 2 aromatic heterocycles.